The van der Waals surface area contributed by atoms with Crippen LogP contribution in [-0.2, 0) is 48.9 Å². The molecule has 0 heterocycles. The first-order valence-corrected chi connectivity index (χ1v) is 14.2. The molecule has 0 aliphatic heterocycles. The van der Waals surface area contributed by atoms with Gasteiger partial charge in [0.25, 0.3) is 0 Å². The van der Waals surface area contributed by atoms with E-state index in [1.54, 1.807) is 125 Å². The third-order valence-electron chi connectivity index (χ3n) is 5.86. The maximum Gasteiger partial charge on any atom is 3.00 e. The Hall–Kier alpha value is -1.45. The van der Waals surface area contributed by atoms with Crippen molar-refractivity contribution in [2.24, 2.45) is 32.5 Å². The van der Waals surface area contributed by atoms with Gasteiger partial charge in [-0.3, -0.25) is 28.8 Å². The Morgan fingerprint density at radius 2 is 0.372 bits per heavy atom. The Morgan fingerprint density at radius 3 is 0.419 bits per heavy atom. The summed E-state index contributed by atoms with van der Waals surface area (Å²) in [7, 11) is 0. The summed E-state index contributed by atoms with van der Waals surface area (Å²) in [5, 5.41) is 34.6. The monoisotopic (exact) mass is 790 g/mol. The summed E-state index contributed by atoms with van der Waals surface area (Å²) >= 11 is 0. The summed E-state index contributed by atoms with van der Waals surface area (Å²) in [6.45, 7) is 29.7. The molecule has 0 aliphatic rings. The smallest absolute Gasteiger partial charge is 0.841 e. The Kier molecular flexibility index (Phi) is 18.9. The Bertz CT molecular complexity index is 778. The van der Waals surface area contributed by atoms with Crippen molar-refractivity contribution in [3.05, 3.63) is 0 Å². The molecule has 0 aromatic heterocycles. The van der Waals surface area contributed by atoms with E-state index in [1.807, 2.05) is 0 Å². The first-order valence-electron chi connectivity index (χ1n) is 14.2. The van der Waals surface area contributed by atoms with Crippen LogP contribution >= 0.6 is 0 Å². The fourth-order valence-corrected chi connectivity index (χ4v) is 2.72. The molecule has 0 saturated carbocycles. The third-order valence-corrected chi connectivity index (χ3v) is 5.86. The number of hydrogen-bond acceptors (Lipinski definition) is 9. The molecule has 0 atom stereocenters. The molecule has 9 nitrogen and oxygen atoms in total. The van der Waals surface area contributed by atoms with Crippen molar-refractivity contribution in [2.75, 3.05) is 0 Å². The van der Waals surface area contributed by atoms with Crippen molar-refractivity contribution >= 4 is 34.7 Å². The van der Waals surface area contributed by atoms with Crippen LogP contribution in [-0.4, -0.2) is 53.0 Å². The van der Waals surface area contributed by atoms with E-state index in [4.69, 9.17) is 0 Å². The maximum absolute atomic E-state index is 11.5. The van der Waals surface area contributed by atoms with Crippen LogP contribution in [0.25, 0.3) is 0 Å². The van der Waals surface area contributed by atoms with Crippen molar-refractivity contribution in [3.63, 3.8) is 0 Å². The summed E-state index contributed by atoms with van der Waals surface area (Å²) in [5.74, 6) is -3.18. The molecular formula is C33H57IrO9. The normalized spacial score (nSPS) is 12.8. The summed E-state index contributed by atoms with van der Waals surface area (Å²) < 4.78 is 0. The van der Waals surface area contributed by atoms with Gasteiger partial charge in [0.15, 0.2) is 0 Å². The molecule has 0 fully saturated rings. The van der Waals surface area contributed by atoms with E-state index < -0.39 is 85.5 Å². The average molecular weight is 790 g/mol. The van der Waals surface area contributed by atoms with Gasteiger partial charge < -0.3 is 15.3 Å². The first kappa shape index (κ1) is 48.5. The second kappa shape index (κ2) is 16.7. The van der Waals surface area contributed by atoms with Gasteiger partial charge in [-0.25, -0.2) is 0 Å². The minimum absolute atomic E-state index is 0. The van der Waals surface area contributed by atoms with E-state index in [2.05, 4.69) is 0 Å². The Morgan fingerprint density at radius 1 is 0.302 bits per heavy atom. The zero-order valence-electron chi connectivity index (χ0n) is 29.7. The molecule has 0 rings (SSSR count). The molecule has 0 N–H and O–H groups in total. The molecule has 0 radical (unpaired) electrons. The third kappa shape index (κ3) is 17.6. The van der Waals surface area contributed by atoms with Gasteiger partial charge in [-0.2, -0.15) is 0 Å². The standard InChI is InChI=1S/3C11H19O3.Ir/c3*1-10(2,3)8(13)7(12)9(14)11(4,5)6;/h3*7H,1-6H3;/q3*-1;+3. The fourth-order valence-electron chi connectivity index (χ4n) is 2.72. The van der Waals surface area contributed by atoms with Gasteiger partial charge in [0.05, 0.1) is 0 Å². The SMILES string of the molecule is CC(C)(C)C(=O)C([O-])C(=O)C(C)(C)C.CC(C)(C)C(=O)C([O-])C(=O)C(C)(C)C.CC(C)(C)C(=O)C([O-])C(=O)C(C)(C)C.[Ir+3]. The van der Waals surface area contributed by atoms with Crippen LogP contribution in [0.15, 0.2) is 0 Å². The zero-order chi connectivity index (χ0) is 35.2. The second-order valence-corrected chi connectivity index (χ2v) is 16.8. The molecule has 0 spiro atoms. The predicted octanol–water partition coefficient (Wildman–Crippen LogP) is 2.83. The number of Topliss-reactive ketones (excluding diaryl/α,β-unsaturated/α-hetero) is 6. The van der Waals surface area contributed by atoms with Crippen LogP contribution in [0.5, 0.6) is 0 Å². The number of carbonyl (C=O) groups excluding carboxylic acids is 6. The largest absolute Gasteiger partial charge is 3.00 e. The number of rotatable bonds is 6. The topological polar surface area (TPSA) is 172 Å². The van der Waals surface area contributed by atoms with Gasteiger partial charge in [-0.1, -0.05) is 125 Å². The van der Waals surface area contributed by atoms with E-state index in [-0.39, 0.29) is 20.1 Å². The van der Waals surface area contributed by atoms with Gasteiger partial charge in [0.1, 0.15) is 34.7 Å². The molecule has 0 bridgehead atoms. The molecule has 0 amide bonds. The Labute approximate surface area is 273 Å². The molecule has 0 unspecified atom stereocenters. The van der Waals surface area contributed by atoms with Gasteiger partial charge in [-0.05, 0) is 18.3 Å². The minimum Gasteiger partial charge on any atom is -0.841 e. The summed E-state index contributed by atoms with van der Waals surface area (Å²) in [5.41, 5.74) is -4.46. The van der Waals surface area contributed by atoms with Crippen molar-refractivity contribution in [3.8, 4) is 0 Å². The van der Waals surface area contributed by atoms with E-state index >= 15 is 0 Å². The van der Waals surface area contributed by atoms with Gasteiger partial charge in [0, 0.05) is 32.5 Å². The molecule has 252 valence electrons. The van der Waals surface area contributed by atoms with Crippen LogP contribution in [0.1, 0.15) is 125 Å². The maximum atomic E-state index is 11.5. The zero-order valence-corrected chi connectivity index (χ0v) is 32.1. The molecular weight excluding hydrogens is 733 g/mol. The Balaban J connectivity index is -0.000000262. The van der Waals surface area contributed by atoms with Crippen LogP contribution < -0.4 is 15.3 Å². The van der Waals surface area contributed by atoms with Gasteiger partial charge in [0.2, 0.25) is 0 Å². The van der Waals surface area contributed by atoms with Crippen molar-refractivity contribution < 1.29 is 64.2 Å². The average Bonchev–Trinajstić information content (AvgIpc) is 2.76. The van der Waals surface area contributed by atoms with Gasteiger partial charge >= 0.3 is 20.1 Å². The van der Waals surface area contributed by atoms with E-state index in [9.17, 15) is 44.1 Å². The van der Waals surface area contributed by atoms with Crippen LogP contribution in [0.2, 0.25) is 0 Å². The number of hydrogen-bond donors (Lipinski definition) is 0. The van der Waals surface area contributed by atoms with E-state index in [0.717, 1.165) is 0 Å². The predicted molar refractivity (Wildman–Crippen MR) is 158 cm³/mol. The quantitative estimate of drug-likeness (QED) is 0.367. The summed E-state index contributed by atoms with van der Waals surface area (Å²) in [6.07, 6.45) is -5.22. The van der Waals surface area contributed by atoms with E-state index in [0.29, 0.717) is 0 Å². The molecule has 0 aromatic carbocycles. The van der Waals surface area contributed by atoms with Gasteiger partial charge in [-0.15, -0.1) is 0 Å². The molecule has 43 heavy (non-hydrogen) atoms. The molecule has 10 heteroatoms. The minimum atomic E-state index is -1.74. The molecule has 0 aromatic rings. The molecule has 0 saturated heterocycles. The summed E-state index contributed by atoms with van der Waals surface area (Å²) in [4.78, 5) is 69.1. The van der Waals surface area contributed by atoms with Crippen molar-refractivity contribution in [1.29, 1.82) is 0 Å². The van der Waals surface area contributed by atoms with Crippen LogP contribution in [0.3, 0.4) is 0 Å². The van der Waals surface area contributed by atoms with E-state index in [1.165, 1.54) is 0 Å². The first-order chi connectivity index (χ1) is 17.9. The van der Waals surface area contributed by atoms with Crippen molar-refractivity contribution in [2.45, 2.75) is 143 Å². The number of carbonyl (C=O) groups is 6. The van der Waals surface area contributed by atoms with Crippen LogP contribution in [0.4, 0.5) is 0 Å². The summed E-state index contributed by atoms with van der Waals surface area (Å²) in [6, 6.07) is 0. The second-order valence-electron chi connectivity index (χ2n) is 16.8. The van der Waals surface area contributed by atoms with Crippen molar-refractivity contribution in [1.82, 2.24) is 0 Å². The fraction of sp³-hybridized carbons (Fsp3) is 0.818. The van der Waals surface area contributed by atoms with Crippen LogP contribution in [0, 0.1) is 32.5 Å². The number of ketones is 6. The molecule has 0 aliphatic carbocycles.